The second-order valence-corrected chi connectivity index (χ2v) is 9.16. The van der Waals surface area contributed by atoms with Crippen LogP contribution in [0.15, 0.2) is 89.6 Å². The molecule has 8 nitrogen and oxygen atoms in total. The van der Waals surface area contributed by atoms with E-state index in [0.29, 0.717) is 28.0 Å². The van der Waals surface area contributed by atoms with Crippen molar-refractivity contribution in [2.24, 2.45) is 5.10 Å². The maximum absolute atomic E-state index is 12.5. The number of hydrogen-bond donors (Lipinski definition) is 2. The maximum Gasteiger partial charge on any atom is 0.250 e. The topological polar surface area (TPSA) is 102 Å². The Kier molecular flexibility index (Phi) is 8.60. The van der Waals surface area contributed by atoms with E-state index in [1.807, 2.05) is 47.0 Å². The normalized spacial score (nSPS) is 11.0. The summed E-state index contributed by atoms with van der Waals surface area (Å²) in [5.74, 6) is 1.17. The van der Waals surface area contributed by atoms with Gasteiger partial charge in [-0.05, 0) is 66.6 Å². The van der Waals surface area contributed by atoms with Crippen LogP contribution in [0.5, 0.6) is 11.5 Å². The van der Waals surface area contributed by atoms with Crippen molar-refractivity contribution in [3.63, 3.8) is 0 Å². The third-order valence-corrected chi connectivity index (χ3v) is 6.49. The standard InChI is InChI=1S/C27H24ClN5O3S/c1-3-5-18-6-4-7-20(25(18)35)16-29-30-24(34)17-37-27-32-31-26(19-8-14-23(36-2)15-9-19)33(27)22-12-10-21(28)11-13-22/h3-4,6-16,35H,1,5,17H2,2H3,(H,30,34)/b29-16-. The highest BCUT2D eigenvalue weighted by Gasteiger charge is 2.17. The average molecular weight is 534 g/mol. The van der Waals surface area contributed by atoms with Crippen LogP contribution in [0, 0.1) is 0 Å². The van der Waals surface area contributed by atoms with Gasteiger partial charge in [-0.2, -0.15) is 5.10 Å². The number of amides is 1. The van der Waals surface area contributed by atoms with E-state index >= 15 is 0 Å². The van der Waals surface area contributed by atoms with Gasteiger partial charge in [-0.1, -0.05) is 41.6 Å². The Morgan fingerprint density at radius 1 is 1.16 bits per heavy atom. The van der Waals surface area contributed by atoms with Crippen LogP contribution in [-0.2, 0) is 11.2 Å². The molecule has 0 bridgehead atoms. The van der Waals surface area contributed by atoms with Crippen molar-refractivity contribution in [2.45, 2.75) is 11.6 Å². The van der Waals surface area contributed by atoms with Gasteiger partial charge in [0.1, 0.15) is 11.5 Å². The number of aromatic nitrogens is 3. The number of aromatic hydroxyl groups is 1. The molecule has 0 aliphatic heterocycles. The number of para-hydroxylation sites is 1. The zero-order valence-corrected chi connectivity index (χ0v) is 21.5. The number of nitrogens with one attached hydrogen (secondary N) is 1. The summed E-state index contributed by atoms with van der Waals surface area (Å²) in [6, 6.07) is 20.1. The first-order valence-electron chi connectivity index (χ1n) is 11.2. The minimum absolute atomic E-state index is 0.0498. The minimum Gasteiger partial charge on any atom is -0.507 e. The van der Waals surface area contributed by atoms with Crippen LogP contribution < -0.4 is 10.2 Å². The largest absolute Gasteiger partial charge is 0.507 e. The molecule has 0 fully saturated rings. The number of ether oxygens (including phenoxy) is 1. The molecule has 0 aliphatic rings. The summed E-state index contributed by atoms with van der Waals surface area (Å²) in [6.45, 7) is 3.69. The Bertz CT molecular complexity index is 1420. The highest BCUT2D eigenvalue weighted by molar-refractivity contribution is 7.99. The lowest BCUT2D eigenvalue weighted by molar-refractivity contribution is -0.118. The number of hydrazone groups is 1. The Balaban J connectivity index is 1.50. The molecule has 188 valence electrons. The van der Waals surface area contributed by atoms with E-state index in [-0.39, 0.29) is 17.4 Å². The number of hydrogen-bond acceptors (Lipinski definition) is 7. The molecule has 4 aromatic rings. The first-order valence-corrected chi connectivity index (χ1v) is 12.6. The third-order valence-electron chi connectivity index (χ3n) is 5.31. The van der Waals surface area contributed by atoms with Gasteiger partial charge in [0.25, 0.3) is 5.91 Å². The molecular formula is C27H24ClN5O3S. The minimum atomic E-state index is -0.334. The Morgan fingerprint density at radius 3 is 2.62 bits per heavy atom. The van der Waals surface area contributed by atoms with Crippen LogP contribution in [0.1, 0.15) is 11.1 Å². The van der Waals surface area contributed by atoms with Gasteiger partial charge in [-0.25, -0.2) is 5.43 Å². The number of carbonyl (C=O) groups excluding carboxylic acids is 1. The molecule has 4 rings (SSSR count). The van der Waals surface area contributed by atoms with E-state index in [4.69, 9.17) is 16.3 Å². The molecule has 3 aromatic carbocycles. The summed E-state index contributed by atoms with van der Waals surface area (Å²) >= 11 is 7.31. The first-order chi connectivity index (χ1) is 18.0. The van der Waals surface area contributed by atoms with Crippen molar-refractivity contribution in [1.82, 2.24) is 20.2 Å². The van der Waals surface area contributed by atoms with Crippen molar-refractivity contribution in [1.29, 1.82) is 0 Å². The van der Waals surface area contributed by atoms with Crippen molar-refractivity contribution in [2.75, 3.05) is 12.9 Å². The van der Waals surface area contributed by atoms with E-state index in [9.17, 15) is 9.90 Å². The molecule has 0 saturated carbocycles. The second-order valence-electron chi connectivity index (χ2n) is 7.78. The number of phenolic OH excluding ortho intramolecular Hbond substituents is 1. The number of benzene rings is 3. The molecule has 0 aliphatic carbocycles. The molecule has 0 saturated heterocycles. The van der Waals surface area contributed by atoms with Gasteiger partial charge in [-0.3, -0.25) is 9.36 Å². The quantitative estimate of drug-likeness (QED) is 0.125. The highest BCUT2D eigenvalue weighted by Crippen LogP contribution is 2.29. The van der Waals surface area contributed by atoms with E-state index in [1.54, 1.807) is 37.5 Å². The number of methoxy groups -OCH3 is 1. The van der Waals surface area contributed by atoms with Gasteiger partial charge in [-0.15, -0.1) is 16.8 Å². The molecule has 0 unspecified atom stereocenters. The van der Waals surface area contributed by atoms with Crippen LogP contribution in [0.2, 0.25) is 5.02 Å². The zero-order chi connectivity index (χ0) is 26.2. The molecule has 0 atom stereocenters. The summed E-state index contributed by atoms with van der Waals surface area (Å²) in [6.07, 6.45) is 3.64. The lowest BCUT2D eigenvalue weighted by atomic mass is 10.1. The lowest BCUT2D eigenvalue weighted by Crippen LogP contribution is -2.20. The number of allylic oxidation sites excluding steroid dienone is 1. The number of thioether (sulfide) groups is 1. The van der Waals surface area contributed by atoms with Crippen LogP contribution in [0.4, 0.5) is 0 Å². The smallest absolute Gasteiger partial charge is 0.250 e. The Hall–Kier alpha value is -4.08. The van der Waals surface area contributed by atoms with Gasteiger partial charge >= 0.3 is 0 Å². The molecule has 0 radical (unpaired) electrons. The number of carbonyl (C=O) groups is 1. The molecule has 37 heavy (non-hydrogen) atoms. The fraction of sp³-hybridized carbons (Fsp3) is 0.111. The monoisotopic (exact) mass is 533 g/mol. The van der Waals surface area contributed by atoms with E-state index in [2.05, 4.69) is 27.3 Å². The van der Waals surface area contributed by atoms with Gasteiger partial charge < -0.3 is 9.84 Å². The fourth-order valence-corrected chi connectivity index (χ4v) is 4.36. The van der Waals surface area contributed by atoms with E-state index in [0.717, 1.165) is 22.6 Å². The van der Waals surface area contributed by atoms with Crippen LogP contribution >= 0.6 is 23.4 Å². The van der Waals surface area contributed by atoms with Crippen LogP contribution in [-0.4, -0.2) is 44.9 Å². The molecular weight excluding hydrogens is 510 g/mol. The Morgan fingerprint density at radius 2 is 1.92 bits per heavy atom. The predicted octanol–water partition coefficient (Wildman–Crippen LogP) is 5.27. The van der Waals surface area contributed by atoms with Crippen LogP contribution in [0.3, 0.4) is 0 Å². The van der Waals surface area contributed by atoms with Crippen molar-refractivity contribution in [3.8, 4) is 28.6 Å². The Labute approximate surface area is 223 Å². The summed E-state index contributed by atoms with van der Waals surface area (Å²) in [5.41, 5.74) is 5.36. The van der Waals surface area contributed by atoms with Gasteiger partial charge in [0.15, 0.2) is 11.0 Å². The molecule has 2 N–H and O–H groups in total. The van der Waals surface area contributed by atoms with E-state index < -0.39 is 0 Å². The second kappa shape index (κ2) is 12.2. The number of rotatable bonds is 10. The summed E-state index contributed by atoms with van der Waals surface area (Å²) < 4.78 is 7.12. The average Bonchev–Trinajstić information content (AvgIpc) is 3.34. The fourth-order valence-electron chi connectivity index (χ4n) is 3.49. The molecule has 1 amide bonds. The van der Waals surface area contributed by atoms with E-state index in [1.165, 1.54) is 18.0 Å². The molecule has 1 heterocycles. The highest BCUT2D eigenvalue weighted by atomic mass is 35.5. The SMILES string of the molecule is C=CCc1cccc(/C=N\NC(=O)CSc2nnc(-c3ccc(OC)cc3)n2-c2ccc(Cl)cc2)c1O. The lowest BCUT2D eigenvalue weighted by Gasteiger charge is -2.11. The molecule has 10 heteroatoms. The molecule has 1 aromatic heterocycles. The predicted molar refractivity (Wildman–Crippen MR) is 147 cm³/mol. The van der Waals surface area contributed by atoms with Crippen molar-refractivity contribution >= 4 is 35.5 Å². The first kappa shape index (κ1) is 26.0. The maximum atomic E-state index is 12.5. The number of phenols is 1. The van der Waals surface area contributed by atoms with Crippen molar-refractivity contribution < 1.29 is 14.6 Å². The summed E-state index contributed by atoms with van der Waals surface area (Å²) in [5, 5.41) is 24.1. The van der Waals surface area contributed by atoms with Gasteiger partial charge in [0, 0.05) is 21.8 Å². The number of halogens is 1. The third kappa shape index (κ3) is 6.38. The summed E-state index contributed by atoms with van der Waals surface area (Å²) in [7, 11) is 1.61. The summed E-state index contributed by atoms with van der Waals surface area (Å²) in [4.78, 5) is 12.5. The molecule has 0 spiro atoms. The number of nitrogens with zero attached hydrogens (tertiary/aromatic N) is 4. The van der Waals surface area contributed by atoms with Crippen molar-refractivity contribution in [3.05, 3.63) is 95.5 Å². The van der Waals surface area contributed by atoms with Crippen LogP contribution in [0.25, 0.3) is 17.1 Å². The zero-order valence-electron chi connectivity index (χ0n) is 20.0. The van der Waals surface area contributed by atoms with Gasteiger partial charge in [0.2, 0.25) is 0 Å². The van der Waals surface area contributed by atoms with Gasteiger partial charge in [0.05, 0.1) is 19.1 Å².